The lowest BCUT2D eigenvalue weighted by Crippen LogP contribution is -2.36. The van der Waals surface area contributed by atoms with Crippen LogP contribution in [-0.4, -0.2) is 37.1 Å². The molecule has 4 nitrogen and oxygen atoms in total. The maximum Gasteiger partial charge on any atom is 0.321 e. The van der Waals surface area contributed by atoms with E-state index < -0.39 is 0 Å². The number of urea groups is 1. The molecular formula is C12H18ClN3O. The molecular weight excluding hydrogens is 238 g/mol. The van der Waals surface area contributed by atoms with Gasteiger partial charge in [0.2, 0.25) is 0 Å². The molecule has 1 heterocycles. The predicted molar refractivity (Wildman–Crippen MR) is 71.7 cm³/mol. The molecule has 2 amide bonds. The fourth-order valence-corrected chi connectivity index (χ4v) is 1.90. The van der Waals surface area contributed by atoms with Gasteiger partial charge in [0.1, 0.15) is 0 Å². The molecule has 1 aliphatic rings. The van der Waals surface area contributed by atoms with Gasteiger partial charge in [-0.05, 0) is 25.6 Å². The monoisotopic (exact) mass is 255 g/mol. The van der Waals surface area contributed by atoms with Crippen LogP contribution in [0.4, 0.5) is 10.5 Å². The largest absolute Gasteiger partial charge is 0.323 e. The van der Waals surface area contributed by atoms with Crippen LogP contribution in [-0.2, 0) is 0 Å². The van der Waals surface area contributed by atoms with Crippen molar-refractivity contribution in [3.8, 4) is 0 Å². The van der Waals surface area contributed by atoms with Crippen molar-refractivity contribution >= 4 is 24.1 Å². The summed E-state index contributed by atoms with van der Waals surface area (Å²) in [4.78, 5) is 13.7. The van der Waals surface area contributed by atoms with E-state index in [0.29, 0.717) is 6.04 Å². The summed E-state index contributed by atoms with van der Waals surface area (Å²) in [5.41, 5.74) is 0.848. The van der Waals surface area contributed by atoms with Crippen LogP contribution in [0.1, 0.15) is 6.42 Å². The average Bonchev–Trinajstić information content (AvgIpc) is 2.79. The van der Waals surface area contributed by atoms with Crippen LogP contribution < -0.4 is 10.6 Å². The Kier molecular flexibility index (Phi) is 5.25. The fraction of sp³-hybridized carbons (Fsp3) is 0.417. The Morgan fingerprint density at radius 3 is 2.65 bits per heavy atom. The molecule has 1 saturated heterocycles. The van der Waals surface area contributed by atoms with Crippen LogP contribution in [0.5, 0.6) is 0 Å². The van der Waals surface area contributed by atoms with Crippen molar-refractivity contribution in [3.05, 3.63) is 30.3 Å². The number of nitrogens with zero attached hydrogens (tertiary/aromatic N) is 1. The van der Waals surface area contributed by atoms with Crippen molar-refractivity contribution in [3.63, 3.8) is 0 Å². The van der Waals surface area contributed by atoms with E-state index in [1.54, 1.807) is 0 Å². The second-order valence-electron chi connectivity index (χ2n) is 4.02. The number of hydrogen-bond donors (Lipinski definition) is 2. The molecule has 5 heteroatoms. The summed E-state index contributed by atoms with van der Waals surface area (Å²) in [7, 11) is 1.93. The van der Waals surface area contributed by atoms with E-state index in [-0.39, 0.29) is 18.4 Å². The number of nitrogens with one attached hydrogen (secondary N) is 2. The van der Waals surface area contributed by atoms with Gasteiger partial charge in [-0.15, -0.1) is 12.4 Å². The number of rotatable bonds is 2. The van der Waals surface area contributed by atoms with E-state index in [0.717, 1.165) is 25.2 Å². The Morgan fingerprint density at radius 2 is 2.06 bits per heavy atom. The van der Waals surface area contributed by atoms with Crippen LogP contribution in [0, 0.1) is 0 Å². The van der Waals surface area contributed by atoms with Gasteiger partial charge in [-0.25, -0.2) is 4.79 Å². The van der Waals surface area contributed by atoms with Crippen LogP contribution in [0.25, 0.3) is 0 Å². The fourth-order valence-electron chi connectivity index (χ4n) is 1.90. The van der Waals surface area contributed by atoms with Gasteiger partial charge in [-0.2, -0.15) is 0 Å². The number of para-hydroxylation sites is 1. The Hall–Kier alpha value is -1.26. The molecule has 1 atom stereocenters. The lowest BCUT2D eigenvalue weighted by molar-refractivity contribution is 0.221. The van der Waals surface area contributed by atoms with E-state index in [2.05, 4.69) is 10.6 Å². The van der Waals surface area contributed by atoms with Crippen molar-refractivity contribution < 1.29 is 4.79 Å². The summed E-state index contributed by atoms with van der Waals surface area (Å²) >= 11 is 0. The molecule has 0 aliphatic carbocycles. The zero-order valence-corrected chi connectivity index (χ0v) is 10.7. The first-order valence-electron chi connectivity index (χ1n) is 5.58. The van der Waals surface area contributed by atoms with Gasteiger partial charge in [0.25, 0.3) is 0 Å². The van der Waals surface area contributed by atoms with E-state index in [1.807, 2.05) is 42.3 Å². The lowest BCUT2D eigenvalue weighted by atomic mass is 10.3. The first kappa shape index (κ1) is 13.8. The third-order valence-corrected chi connectivity index (χ3v) is 2.91. The average molecular weight is 256 g/mol. The van der Waals surface area contributed by atoms with Crippen LogP contribution in [0.2, 0.25) is 0 Å². The molecule has 0 spiro atoms. The lowest BCUT2D eigenvalue weighted by Gasteiger charge is -2.17. The molecule has 0 bridgehead atoms. The van der Waals surface area contributed by atoms with E-state index >= 15 is 0 Å². The van der Waals surface area contributed by atoms with Gasteiger partial charge in [0.05, 0.1) is 0 Å². The Bertz CT molecular complexity index is 358. The minimum Gasteiger partial charge on any atom is -0.323 e. The Morgan fingerprint density at radius 1 is 1.35 bits per heavy atom. The summed E-state index contributed by atoms with van der Waals surface area (Å²) in [6.45, 7) is 1.61. The highest BCUT2D eigenvalue weighted by atomic mass is 35.5. The predicted octanol–water partition coefficient (Wildman–Crippen LogP) is 1.93. The minimum absolute atomic E-state index is 0. The highest BCUT2D eigenvalue weighted by Gasteiger charge is 2.24. The highest BCUT2D eigenvalue weighted by molar-refractivity contribution is 5.89. The standard InChI is InChI=1S/C12H17N3O.ClH/c1-13-11-7-8-15(9-11)12(16)14-10-5-3-2-4-6-10;/h2-6,11,13H,7-9H2,1H3,(H,14,16);1H/t11-;/m1./s1. The SMILES string of the molecule is CN[C@@H]1CCN(C(=O)Nc2ccccc2)C1.Cl. The van der Waals surface area contributed by atoms with Crippen LogP contribution >= 0.6 is 12.4 Å². The minimum atomic E-state index is -0.0102. The Balaban J connectivity index is 0.00000144. The number of halogens is 1. The molecule has 0 radical (unpaired) electrons. The normalized spacial score (nSPS) is 18.6. The summed E-state index contributed by atoms with van der Waals surface area (Å²) in [6.07, 6.45) is 1.03. The molecule has 17 heavy (non-hydrogen) atoms. The topological polar surface area (TPSA) is 44.4 Å². The third kappa shape index (κ3) is 3.61. The number of benzene rings is 1. The zero-order valence-electron chi connectivity index (χ0n) is 9.85. The van der Waals surface area contributed by atoms with Gasteiger partial charge in [0.15, 0.2) is 0 Å². The summed E-state index contributed by atoms with van der Waals surface area (Å²) in [5, 5.41) is 6.08. The van der Waals surface area contributed by atoms with Crippen LogP contribution in [0.15, 0.2) is 30.3 Å². The maximum atomic E-state index is 11.9. The zero-order chi connectivity index (χ0) is 11.4. The summed E-state index contributed by atoms with van der Waals surface area (Å²) in [6, 6.07) is 9.96. The third-order valence-electron chi connectivity index (χ3n) is 2.91. The molecule has 1 fully saturated rings. The van der Waals surface area contributed by atoms with E-state index in [1.165, 1.54) is 0 Å². The first-order chi connectivity index (χ1) is 7.79. The second kappa shape index (κ2) is 6.47. The van der Waals surface area contributed by atoms with Gasteiger partial charge in [-0.3, -0.25) is 0 Å². The molecule has 1 aromatic carbocycles. The first-order valence-corrected chi connectivity index (χ1v) is 5.58. The van der Waals surface area contributed by atoms with Crippen LogP contribution in [0.3, 0.4) is 0 Å². The van der Waals surface area contributed by atoms with Crippen molar-refractivity contribution in [2.75, 3.05) is 25.5 Å². The van der Waals surface area contributed by atoms with Crippen molar-refractivity contribution in [1.29, 1.82) is 0 Å². The quantitative estimate of drug-likeness (QED) is 0.848. The number of carbonyl (C=O) groups is 1. The molecule has 1 aromatic rings. The number of likely N-dealkylation sites (tertiary alicyclic amines) is 1. The molecule has 1 aliphatic heterocycles. The van der Waals surface area contributed by atoms with Crippen molar-refractivity contribution in [2.45, 2.75) is 12.5 Å². The smallest absolute Gasteiger partial charge is 0.321 e. The molecule has 2 N–H and O–H groups in total. The molecule has 94 valence electrons. The van der Waals surface area contributed by atoms with Gasteiger partial charge in [0, 0.05) is 24.8 Å². The molecule has 2 rings (SSSR count). The van der Waals surface area contributed by atoms with Gasteiger partial charge >= 0.3 is 6.03 Å². The maximum absolute atomic E-state index is 11.9. The number of amides is 2. The number of anilines is 1. The van der Waals surface area contributed by atoms with E-state index in [4.69, 9.17) is 0 Å². The van der Waals surface area contributed by atoms with Crippen molar-refractivity contribution in [1.82, 2.24) is 10.2 Å². The Labute approximate surface area is 108 Å². The summed E-state index contributed by atoms with van der Waals surface area (Å²) < 4.78 is 0. The molecule has 0 unspecified atom stereocenters. The van der Waals surface area contributed by atoms with E-state index in [9.17, 15) is 4.79 Å². The van der Waals surface area contributed by atoms with Gasteiger partial charge in [-0.1, -0.05) is 18.2 Å². The summed E-state index contributed by atoms with van der Waals surface area (Å²) in [5.74, 6) is 0. The van der Waals surface area contributed by atoms with Gasteiger partial charge < -0.3 is 15.5 Å². The number of likely N-dealkylation sites (N-methyl/N-ethyl adjacent to an activating group) is 1. The van der Waals surface area contributed by atoms with Crippen molar-refractivity contribution in [2.24, 2.45) is 0 Å². The second-order valence-corrected chi connectivity index (χ2v) is 4.02. The highest BCUT2D eigenvalue weighted by Crippen LogP contribution is 2.12. The number of hydrogen-bond acceptors (Lipinski definition) is 2. The number of carbonyl (C=O) groups excluding carboxylic acids is 1. The molecule has 0 aromatic heterocycles. The molecule has 0 saturated carbocycles.